The van der Waals surface area contributed by atoms with Gasteiger partial charge in [0.05, 0.1) is 21.9 Å². The Hall–Kier alpha value is -3.46. The first kappa shape index (κ1) is 20.3. The van der Waals surface area contributed by atoms with Gasteiger partial charge in [-0.1, -0.05) is 11.6 Å². The van der Waals surface area contributed by atoms with Crippen LogP contribution in [0.2, 0.25) is 5.15 Å². The van der Waals surface area contributed by atoms with Crippen LogP contribution in [0.5, 0.6) is 0 Å². The van der Waals surface area contributed by atoms with Crippen molar-refractivity contribution in [3.63, 3.8) is 0 Å². The summed E-state index contributed by atoms with van der Waals surface area (Å²) in [6.45, 7) is 2.37. The molecule has 8 nitrogen and oxygen atoms in total. The molecule has 0 radical (unpaired) electrons. The Morgan fingerprint density at radius 2 is 1.83 bits per heavy atom. The fourth-order valence-electron chi connectivity index (χ4n) is 2.68. The third-order valence-electron chi connectivity index (χ3n) is 4.12. The minimum absolute atomic E-state index is 0.00661. The van der Waals surface area contributed by atoms with Crippen molar-refractivity contribution in [2.75, 3.05) is 18.4 Å². The molecule has 10 heteroatoms. The molecule has 1 heterocycles. The molecule has 0 aliphatic carbocycles. The first-order valence-electron chi connectivity index (χ1n) is 8.64. The number of nitrogens with one attached hydrogen (secondary N) is 2. The number of anilines is 1. The molecule has 0 saturated heterocycles. The molecule has 1 amide bonds. The van der Waals surface area contributed by atoms with Gasteiger partial charge in [0.1, 0.15) is 11.0 Å². The van der Waals surface area contributed by atoms with Gasteiger partial charge in [-0.15, -0.1) is 0 Å². The van der Waals surface area contributed by atoms with Crippen LogP contribution >= 0.6 is 11.6 Å². The van der Waals surface area contributed by atoms with E-state index in [4.69, 9.17) is 11.6 Å². The number of hydrogen-bond donors (Lipinski definition) is 2. The predicted molar refractivity (Wildman–Crippen MR) is 107 cm³/mol. The van der Waals surface area contributed by atoms with E-state index < -0.39 is 4.92 Å². The van der Waals surface area contributed by atoms with Crippen molar-refractivity contribution in [2.24, 2.45) is 0 Å². The second-order valence-electron chi connectivity index (χ2n) is 6.13. The number of hydrogen-bond acceptors (Lipinski definition) is 5. The number of non-ortho nitro benzene ring substituents is 1. The summed E-state index contributed by atoms with van der Waals surface area (Å²) in [7, 11) is 0. The number of carbonyl (C=O) groups excluding carboxylic acids is 1. The van der Waals surface area contributed by atoms with E-state index in [2.05, 4.69) is 15.7 Å². The maximum atomic E-state index is 13.1. The quantitative estimate of drug-likeness (QED) is 0.346. The lowest BCUT2D eigenvalue weighted by molar-refractivity contribution is -0.384. The van der Waals surface area contributed by atoms with Gasteiger partial charge in [-0.05, 0) is 43.3 Å². The molecule has 29 heavy (non-hydrogen) atoms. The van der Waals surface area contributed by atoms with Gasteiger partial charge in [-0.3, -0.25) is 14.9 Å². The lowest BCUT2D eigenvalue weighted by Crippen LogP contribution is -2.29. The van der Waals surface area contributed by atoms with E-state index in [-0.39, 0.29) is 28.1 Å². The van der Waals surface area contributed by atoms with Crippen LogP contribution in [0.15, 0.2) is 48.5 Å². The van der Waals surface area contributed by atoms with Gasteiger partial charge in [0.2, 0.25) is 0 Å². The molecule has 3 aromatic rings. The lowest BCUT2D eigenvalue weighted by Gasteiger charge is -2.08. The highest BCUT2D eigenvalue weighted by atomic mass is 35.5. The van der Waals surface area contributed by atoms with Gasteiger partial charge in [0.25, 0.3) is 11.6 Å². The molecule has 150 valence electrons. The minimum Gasteiger partial charge on any atom is -0.383 e. The summed E-state index contributed by atoms with van der Waals surface area (Å²) in [4.78, 5) is 22.7. The molecule has 0 fully saturated rings. The zero-order chi connectivity index (χ0) is 21.0. The van der Waals surface area contributed by atoms with Crippen molar-refractivity contribution >= 4 is 28.9 Å². The van der Waals surface area contributed by atoms with E-state index in [1.165, 1.54) is 41.1 Å². The number of aryl methyl sites for hydroxylation is 1. The smallest absolute Gasteiger partial charge is 0.269 e. The molecule has 0 saturated carbocycles. The van der Waals surface area contributed by atoms with Crippen LogP contribution in [-0.2, 0) is 0 Å². The van der Waals surface area contributed by atoms with Crippen LogP contribution in [0, 0.1) is 22.9 Å². The van der Waals surface area contributed by atoms with E-state index >= 15 is 0 Å². The Bertz CT molecular complexity index is 1040. The largest absolute Gasteiger partial charge is 0.383 e. The fourth-order valence-corrected chi connectivity index (χ4v) is 3.04. The number of halogens is 2. The van der Waals surface area contributed by atoms with Crippen LogP contribution in [0.4, 0.5) is 15.8 Å². The first-order chi connectivity index (χ1) is 13.9. The third-order valence-corrected chi connectivity index (χ3v) is 4.47. The van der Waals surface area contributed by atoms with Gasteiger partial charge < -0.3 is 10.6 Å². The van der Waals surface area contributed by atoms with Gasteiger partial charge in [0, 0.05) is 30.9 Å². The average molecular weight is 418 g/mol. The molecule has 2 aromatic carbocycles. The van der Waals surface area contributed by atoms with Gasteiger partial charge in [-0.25, -0.2) is 9.07 Å². The molecule has 0 unspecified atom stereocenters. The Morgan fingerprint density at radius 1 is 1.17 bits per heavy atom. The minimum atomic E-state index is -0.470. The summed E-state index contributed by atoms with van der Waals surface area (Å²) in [5.74, 6) is -0.765. The summed E-state index contributed by atoms with van der Waals surface area (Å²) < 4.78 is 14.5. The molecule has 0 aliphatic rings. The summed E-state index contributed by atoms with van der Waals surface area (Å²) in [5, 5.41) is 20.8. The second kappa shape index (κ2) is 8.70. The third kappa shape index (κ3) is 4.69. The zero-order valence-electron chi connectivity index (χ0n) is 15.4. The highest BCUT2D eigenvalue weighted by Crippen LogP contribution is 2.23. The number of nitro groups is 1. The Balaban J connectivity index is 1.59. The van der Waals surface area contributed by atoms with Gasteiger partial charge in [0.15, 0.2) is 0 Å². The normalized spacial score (nSPS) is 10.6. The zero-order valence-corrected chi connectivity index (χ0v) is 16.1. The summed E-state index contributed by atoms with van der Waals surface area (Å²) in [6, 6.07) is 11.6. The molecule has 0 aliphatic heterocycles. The Morgan fingerprint density at radius 3 is 2.45 bits per heavy atom. The number of aromatic nitrogens is 2. The number of benzene rings is 2. The van der Waals surface area contributed by atoms with Crippen LogP contribution < -0.4 is 10.6 Å². The summed E-state index contributed by atoms with van der Waals surface area (Å²) in [6.07, 6.45) is 0. The molecule has 0 spiro atoms. The maximum absolute atomic E-state index is 13.1. The van der Waals surface area contributed by atoms with E-state index in [1.807, 2.05) is 0 Å². The summed E-state index contributed by atoms with van der Waals surface area (Å²) >= 11 is 6.32. The number of amides is 1. The van der Waals surface area contributed by atoms with Crippen LogP contribution in [-0.4, -0.2) is 33.7 Å². The molecule has 0 atom stereocenters. The van der Waals surface area contributed by atoms with Crippen LogP contribution in [0.25, 0.3) is 5.69 Å². The molecule has 1 aromatic heterocycles. The van der Waals surface area contributed by atoms with E-state index in [0.29, 0.717) is 30.2 Å². The van der Waals surface area contributed by atoms with Gasteiger partial charge in [-0.2, -0.15) is 5.10 Å². The molecule has 2 N–H and O–H groups in total. The van der Waals surface area contributed by atoms with E-state index in [1.54, 1.807) is 19.1 Å². The van der Waals surface area contributed by atoms with Crippen molar-refractivity contribution < 1.29 is 14.1 Å². The number of rotatable bonds is 7. The standard InChI is InChI=1S/C19H17ClFN5O3/c1-12-17(18(20)25(24-12)15-6-2-13(21)3-7-15)19(27)23-11-10-22-14-4-8-16(9-5-14)26(28)29/h2-9,22H,10-11H2,1H3,(H,23,27). The molecule has 0 bridgehead atoms. The van der Waals surface area contributed by atoms with E-state index in [9.17, 15) is 19.3 Å². The summed E-state index contributed by atoms with van der Waals surface area (Å²) in [5.41, 5.74) is 1.93. The van der Waals surface area contributed by atoms with E-state index in [0.717, 1.165) is 0 Å². The van der Waals surface area contributed by atoms with Crippen LogP contribution in [0.3, 0.4) is 0 Å². The molecule has 3 rings (SSSR count). The fraction of sp³-hybridized carbons (Fsp3) is 0.158. The van der Waals surface area contributed by atoms with Crippen molar-refractivity contribution in [1.29, 1.82) is 0 Å². The highest BCUT2D eigenvalue weighted by Gasteiger charge is 2.20. The molecular weight excluding hydrogens is 401 g/mol. The molecular formula is C19H17ClFN5O3. The van der Waals surface area contributed by atoms with Crippen molar-refractivity contribution in [2.45, 2.75) is 6.92 Å². The lowest BCUT2D eigenvalue weighted by atomic mass is 10.2. The van der Waals surface area contributed by atoms with Crippen molar-refractivity contribution in [3.8, 4) is 5.69 Å². The average Bonchev–Trinajstić information content (AvgIpc) is 3.00. The SMILES string of the molecule is Cc1nn(-c2ccc(F)cc2)c(Cl)c1C(=O)NCCNc1ccc([N+](=O)[O-])cc1. The van der Waals surface area contributed by atoms with Crippen LogP contribution in [0.1, 0.15) is 16.1 Å². The van der Waals surface area contributed by atoms with Crippen molar-refractivity contribution in [3.05, 3.63) is 80.9 Å². The first-order valence-corrected chi connectivity index (χ1v) is 9.02. The highest BCUT2D eigenvalue weighted by molar-refractivity contribution is 6.33. The topological polar surface area (TPSA) is 102 Å². The number of nitrogens with zero attached hydrogens (tertiary/aromatic N) is 3. The Kier molecular flexibility index (Phi) is 6.08. The monoisotopic (exact) mass is 417 g/mol. The number of carbonyl (C=O) groups is 1. The second-order valence-corrected chi connectivity index (χ2v) is 6.48. The Labute approximate surface area is 170 Å². The van der Waals surface area contributed by atoms with Crippen molar-refractivity contribution in [1.82, 2.24) is 15.1 Å². The number of nitro benzene ring substituents is 1. The maximum Gasteiger partial charge on any atom is 0.269 e. The van der Waals surface area contributed by atoms with Gasteiger partial charge >= 0.3 is 0 Å². The predicted octanol–water partition coefficient (Wildman–Crippen LogP) is 3.72.